The van der Waals surface area contributed by atoms with Crippen molar-refractivity contribution in [1.82, 2.24) is 25.0 Å². The van der Waals surface area contributed by atoms with Gasteiger partial charge in [0.2, 0.25) is 0 Å². The lowest BCUT2D eigenvalue weighted by Crippen LogP contribution is -2.36. The topological polar surface area (TPSA) is 124 Å². The number of ketones is 1. The molecule has 4 heterocycles. The minimum atomic E-state index is -0.890. The number of Topliss-reactive ketones (excluding diaryl/α,β-unsaturated/α-hetero) is 1. The van der Waals surface area contributed by atoms with Gasteiger partial charge >= 0.3 is 6.01 Å². The molecule has 0 aliphatic carbocycles. The van der Waals surface area contributed by atoms with Crippen LogP contribution in [0.25, 0.3) is 17.1 Å². The van der Waals surface area contributed by atoms with Crippen LogP contribution in [-0.4, -0.2) is 68.9 Å². The molecule has 204 valence electrons. The summed E-state index contributed by atoms with van der Waals surface area (Å²) in [6, 6.07) is 23.7. The third-order valence-corrected chi connectivity index (χ3v) is 7.18. The van der Waals surface area contributed by atoms with Crippen LogP contribution in [-0.2, 0) is 16.0 Å². The standard InChI is InChI=1S/C30H26N8O3/c39-26-16-21-8-4-5-9-23(21)27(20-6-2-1-3-7-20)33-28(26)34-30-36-35-29(41-30)24-11-10-22(38-19-31-18-32-38)17-25(24)37-12-14-40-15-13-37/h1-11,17-19,28H,12-16H2,(H,34,36). The molecule has 1 saturated heterocycles. The van der Waals surface area contributed by atoms with Crippen LogP contribution in [0.3, 0.4) is 0 Å². The van der Waals surface area contributed by atoms with E-state index in [1.807, 2.05) is 72.8 Å². The van der Waals surface area contributed by atoms with Crippen LogP contribution in [0.2, 0.25) is 0 Å². The summed E-state index contributed by atoms with van der Waals surface area (Å²) in [6.45, 7) is 2.69. The number of benzene rings is 3. The molecule has 1 N–H and O–H groups in total. The van der Waals surface area contributed by atoms with Gasteiger partial charge in [0.15, 0.2) is 11.9 Å². The molecule has 7 rings (SSSR count). The van der Waals surface area contributed by atoms with E-state index in [4.69, 9.17) is 14.1 Å². The Hall–Kier alpha value is -5.16. The zero-order valence-electron chi connectivity index (χ0n) is 22.1. The third kappa shape index (κ3) is 4.98. The largest absolute Gasteiger partial charge is 0.403 e. The number of ether oxygens (including phenoxy) is 1. The summed E-state index contributed by atoms with van der Waals surface area (Å²) in [4.78, 5) is 24.5. The van der Waals surface area contributed by atoms with Crippen LogP contribution < -0.4 is 10.2 Å². The summed E-state index contributed by atoms with van der Waals surface area (Å²) in [6.07, 6.45) is 2.50. The summed E-state index contributed by atoms with van der Waals surface area (Å²) >= 11 is 0. The fourth-order valence-corrected chi connectivity index (χ4v) is 5.16. The van der Waals surface area contributed by atoms with Crippen LogP contribution >= 0.6 is 0 Å². The Labute approximate surface area is 235 Å². The molecule has 41 heavy (non-hydrogen) atoms. The third-order valence-electron chi connectivity index (χ3n) is 7.18. The molecule has 11 heteroatoms. The van der Waals surface area contributed by atoms with Crippen molar-refractivity contribution < 1.29 is 13.9 Å². The zero-order chi connectivity index (χ0) is 27.6. The van der Waals surface area contributed by atoms with Crippen LogP contribution in [0.15, 0.2) is 94.9 Å². The number of carbonyl (C=O) groups excluding carboxylic acids is 1. The van der Waals surface area contributed by atoms with Gasteiger partial charge in [-0.3, -0.25) is 9.79 Å². The van der Waals surface area contributed by atoms with Crippen molar-refractivity contribution in [3.8, 4) is 17.1 Å². The lowest BCUT2D eigenvalue weighted by molar-refractivity contribution is -0.119. The van der Waals surface area contributed by atoms with Crippen LogP contribution in [0.5, 0.6) is 0 Å². The molecule has 0 saturated carbocycles. The molecule has 0 amide bonds. The molecule has 2 aliphatic rings. The molecule has 0 radical (unpaired) electrons. The molecular formula is C30H26N8O3. The second-order valence-corrected chi connectivity index (χ2v) is 9.74. The highest BCUT2D eigenvalue weighted by atomic mass is 16.5. The first-order valence-corrected chi connectivity index (χ1v) is 13.4. The number of nitrogens with one attached hydrogen (secondary N) is 1. The Balaban J connectivity index is 1.22. The van der Waals surface area contributed by atoms with E-state index in [9.17, 15) is 4.79 Å². The van der Waals surface area contributed by atoms with Gasteiger partial charge in [0.05, 0.1) is 35.9 Å². The van der Waals surface area contributed by atoms with E-state index >= 15 is 0 Å². The molecule has 0 bridgehead atoms. The Morgan fingerprint density at radius 3 is 2.56 bits per heavy atom. The second-order valence-electron chi connectivity index (χ2n) is 9.74. The van der Waals surface area contributed by atoms with E-state index in [2.05, 4.69) is 30.5 Å². The smallest absolute Gasteiger partial charge is 0.317 e. The van der Waals surface area contributed by atoms with Gasteiger partial charge in [-0.15, -0.1) is 5.10 Å². The van der Waals surface area contributed by atoms with E-state index in [1.54, 1.807) is 11.0 Å². The molecule has 5 aromatic rings. The number of fused-ring (bicyclic) bond motifs is 1. The van der Waals surface area contributed by atoms with Crippen molar-refractivity contribution in [3.63, 3.8) is 0 Å². The van der Waals surface area contributed by atoms with E-state index in [1.165, 1.54) is 6.33 Å². The maximum absolute atomic E-state index is 13.4. The first-order chi connectivity index (χ1) is 20.2. The van der Waals surface area contributed by atoms with Gasteiger partial charge in [-0.25, -0.2) is 9.67 Å². The SMILES string of the molecule is O=C1Cc2ccccc2C(c2ccccc2)=NC1Nc1nnc(-c2ccc(-n3cncn3)cc2N2CCOCC2)o1. The predicted molar refractivity (Wildman–Crippen MR) is 152 cm³/mol. The van der Waals surface area contributed by atoms with Crippen LogP contribution in [0, 0.1) is 0 Å². The average Bonchev–Trinajstić information content (AvgIpc) is 3.71. The molecule has 1 atom stereocenters. The fourth-order valence-electron chi connectivity index (χ4n) is 5.16. The highest BCUT2D eigenvalue weighted by Crippen LogP contribution is 2.34. The van der Waals surface area contributed by atoms with Crippen molar-refractivity contribution in [3.05, 3.63) is 102 Å². The number of rotatable bonds is 6. The predicted octanol–water partition coefficient (Wildman–Crippen LogP) is 3.55. The van der Waals surface area contributed by atoms with E-state index < -0.39 is 6.17 Å². The monoisotopic (exact) mass is 546 g/mol. The Bertz CT molecular complexity index is 1710. The molecule has 2 aromatic heterocycles. The van der Waals surface area contributed by atoms with E-state index in [0.717, 1.165) is 52.4 Å². The summed E-state index contributed by atoms with van der Waals surface area (Å²) in [7, 11) is 0. The highest BCUT2D eigenvalue weighted by molar-refractivity contribution is 6.16. The molecule has 1 fully saturated rings. The maximum Gasteiger partial charge on any atom is 0.317 e. The first-order valence-electron chi connectivity index (χ1n) is 13.4. The number of nitrogens with zero attached hydrogens (tertiary/aromatic N) is 7. The number of hydrogen-bond acceptors (Lipinski definition) is 10. The van der Waals surface area contributed by atoms with Crippen LogP contribution in [0.1, 0.15) is 16.7 Å². The van der Waals surface area contributed by atoms with Gasteiger partial charge in [0, 0.05) is 30.6 Å². The van der Waals surface area contributed by atoms with Crippen molar-refractivity contribution >= 4 is 23.2 Å². The molecule has 1 unspecified atom stereocenters. The minimum absolute atomic E-state index is 0.0886. The van der Waals surface area contributed by atoms with Gasteiger partial charge < -0.3 is 19.4 Å². The van der Waals surface area contributed by atoms with Crippen molar-refractivity contribution in [2.75, 3.05) is 36.5 Å². The van der Waals surface area contributed by atoms with Gasteiger partial charge in [0.25, 0.3) is 5.89 Å². The van der Waals surface area contributed by atoms with Crippen molar-refractivity contribution in [2.45, 2.75) is 12.6 Å². The lowest BCUT2D eigenvalue weighted by Gasteiger charge is -2.30. The quantitative estimate of drug-likeness (QED) is 0.340. The normalized spacial score (nSPS) is 17.1. The summed E-state index contributed by atoms with van der Waals surface area (Å²) in [5.74, 6) is 0.241. The number of carbonyl (C=O) groups is 1. The summed E-state index contributed by atoms with van der Waals surface area (Å²) in [5.41, 5.74) is 6.07. The maximum atomic E-state index is 13.4. The Morgan fingerprint density at radius 1 is 0.902 bits per heavy atom. The van der Waals surface area contributed by atoms with Gasteiger partial charge in [-0.2, -0.15) is 5.10 Å². The van der Waals surface area contributed by atoms with Crippen molar-refractivity contribution in [2.24, 2.45) is 4.99 Å². The summed E-state index contributed by atoms with van der Waals surface area (Å²) in [5, 5.41) is 15.9. The van der Waals surface area contributed by atoms with Gasteiger partial charge in [-0.1, -0.05) is 59.7 Å². The number of hydrogen-bond donors (Lipinski definition) is 1. The van der Waals surface area contributed by atoms with Crippen LogP contribution in [0.4, 0.5) is 11.7 Å². The average molecular weight is 547 g/mol. The number of aliphatic imine (C=N–C) groups is 1. The van der Waals surface area contributed by atoms with E-state index in [-0.39, 0.29) is 18.2 Å². The lowest BCUT2D eigenvalue weighted by atomic mass is 9.96. The highest BCUT2D eigenvalue weighted by Gasteiger charge is 2.28. The number of morpholine rings is 1. The number of anilines is 2. The second kappa shape index (κ2) is 10.8. The van der Waals surface area contributed by atoms with E-state index in [0.29, 0.717) is 19.1 Å². The Kier molecular flexibility index (Phi) is 6.53. The molecule has 2 aliphatic heterocycles. The minimum Gasteiger partial charge on any atom is -0.403 e. The van der Waals surface area contributed by atoms with Gasteiger partial charge in [0.1, 0.15) is 12.7 Å². The molecular weight excluding hydrogens is 520 g/mol. The first kappa shape index (κ1) is 24.9. The van der Waals surface area contributed by atoms with Gasteiger partial charge in [-0.05, 0) is 23.8 Å². The van der Waals surface area contributed by atoms with Crippen molar-refractivity contribution in [1.29, 1.82) is 0 Å². The number of aromatic nitrogens is 5. The molecule has 11 nitrogen and oxygen atoms in total. The fraction of sp³-hybridized carbons (Fsp3) is 0.200. The molecule has 0 spiro atoms. The zero-order valence-corrected chi connectivity index (χ0v) is 22.1. The molecule has 3 aromatic carbocycles. The Morgan fingerprint density at radius 2 is 1.73 bits per heavy atom. The summed E-state index contributed by atoms with van der Waals surface area (Å²) < 4.78 is 13.4.